The first kappa shape index (κ1) is 39.6. The van der Waals surface area contributed by atoms with Gasteiger partial charge in [0.15, 0.2) is 6.10 Å². The zero-order valence-corrected chi connectivity index (χ0v) is 27.6. The van der Waals surface area contributed by atoms with E-state index in [1.807, 2.05) is 13.8 Å². The van der Waals surface area contributed by atoms with E-state index in [9.17, 15) is 48.0 Å². The molecule has 4 atom stereocenters. The molecule has 20 heteroatoms. The second kappa shape index (κ2) is 18.1. The lowest BCUT2D eigenvalue weighted by molar-refractivity contribution is -0.798. The van der Waals surface area contributed by atoms with E-state index in [0.717, 1.165) is 10.6 Å². The Labute approximate surface area is 275 Å². The molecule has 0 aliphatic carbocycles. The van der Waals surface area contributed by atoms with Crippen LogP contribution in [0, 0.1) is 26.0 Å². The Morgan fingerprint density at radius 1 is 1.06 bits per heavy atom. The molecule has 0 spiro atoms. The molecule has 1 aromatic carbocycles. The minimum absolute atomic E-state index is 0.110. The van der Waals surface area contributed by atoms with Gasteiger partial charge in [-0.15, -0.1) is 20.2 Å². The van der Waals surface area contributed by atoms with Crippen molar-refractivity contribution in [3.05, 3.63) is 67.6 Å². The lowest BCUT2D eigenvalue weighted by Gasteiger charge is -2.20. The highest BCUT2D eigenvalue weighted by Gasteiger charge is 2.26. The van der Waals surface area contributed by atoms with Crippen LogP contribution in [0.15, 0.2) is 30.3 Å². The SMILES string of the molecule is CC(C)c1nc(N(C)S(C)(=O)=O)nc(-c2ccc(F)cc2)c1/C=C/[C@@H](O)C[C@@H](O)CC(=O)OCCOCC(O[N+](=O)[O-])C(C)O[N+](=O)[O-]. The third-order valence-electron chi connectivity index (χ3n) is 6.58. The summed E-state index contributed by atoms with van der Waals surface area (Å²) in [5.74, 6) is -1.70. The van der Waals surface area contributed by atoms with E-state index < -0.39 is 69.4 Å². The van der Waals surface area contributed by atoms with Crippen LogP contribution in [-0.2, 0) is 34.0 Å². The van der Waals surface area contributed by atoms with Crippen molar-refractivity contribution in [2.24, 2.45) is 0 Å². The van der Waals surface area contributed by atoms with Gasteiger partial charge in [-0.25, -0.2) is 27.1 Å². The average Bonchev–Trinajstić information content (AvgIpc) is 2.97. The number of ether oxygens (including phenoxy) is 2. The molecule has 1 aromatic heterocycles. The number of hydrogen-bond donors (Lipinski definition) is 2. The number of nitrogens with zero attached hydrogens (tertiary/aromatic N) is 5. The molecule has 0 aliphatic heterocycles. The number of anilines is 1. The van der Waals surface area contributed by atoms with Crippen molar-refractivity contribution in [2.75, 3.05) is 37.4 Å². The van der Waals surface area contributed by atoms with Crippen molar-refractivity contribution in [3.8, 4) is 11.3 Å². The molecule has 2 N–H and O–H groups in total. The van der Waals surface area contributed by atoms with Crippen LogP contribution in [-0.4, -0.2) is 102 Å². The number of aliphatic hydroxyl groups is 2. The summed E-state index contributed by atoms with van der Waals surface area (Å²) in [4.78, 5) is 50.6. The number of aliphatic hydroxyl groups excluding tert-OH is 2. The molecule has 0 aliphatic rings. The van der Waals surface area contributed by atoms with Gasteiger partial charge in [-0.2, -0.15) is 0 Å². The van der Waals surface area contributed by atoms with Gasteiger partial charge in [0, 0.05) is 24.6 Å². The highest BCUT2D eigenvalue weighted by Crippen LogP contribution is 2.31. The van der Waals surface area contributed by atoms with Gasteiger partial charge in [0.05, 0.1) is 49.5 Å². The number of esters is 1. The first-order valence-electron chi connectivity index (χ1n) is 14.4. The zero-order chi connectivity index (χ0) is 36.2. The Balaban J connectivity index is 2.06. The van der Waals surface area contributed by atoms with Crippen LogP contribution < -0.4 is 4.31 Å². The summed E-state index contributed by atoms with van der Waals surface area (Å²) in [6.07, 6.45) is -2.31. The lowest BCUT2D eigenvalue weighted by atomic mass is 9.97. The molecular formula is C28H38FN5O13S. The second-order valence-corrected chi connectivity index (χ2v) is 12.8. The summed E-state index contributed by atoms with van der Waals surface area (Å²) in [6, 6.07) is 5.36. The summed E-state index contributed by atoms with van der Waals surface area (Å²) in [5.41, 5.74) is 1.57. The fraction of sp³-hybridized carbons (Fsp3) is 0.536. The molecule has 266 valence electrons. The normalized spacial score (nSPS) is 14.3. The number of rotatable bonds is 20. The van der Waals surface area contributed by atoms with E-state index in [0.29, 0.717) is 16.8 Å². The summed E-state index contributed by atoms with van der Waals surface area (Å²) in [6.45, 7) is 3.74. The number of halogens is 1. The van der Waals surface area contributed by atoms with Gasteiger partial charge in [0.25, 0.3) is 10.2 Å². The van der Waals surface area contributed by atoms with Crippen molar-refractivity contribution < 1.29 is 57.1 Å². The number of carbonyl (C=O) groups excluding carboxylic acids is 1. The Hall–Kier alpha value is -4.53. The molecule has 2 unspecified atom stereocenters. The Morgan fingerprint density at radius 2 is 1.69 bits per heavy atom. The van der Waals surface area contributed by atoms with E-state index in [1.165, 1.54) is 50.4 Å². The fourth-order valence-electron chi connectivity index (χ4n) is 4.07. The monoisotopic (exact) mass is 703 g/mol. The van der Waals surface area contributed by atoms with Crippen molar-refractivity contribution in [1.82, 2.24) is 9.97 Å². The second-order valence-electron chi connectivity index (χ2n) is 10.8. The predicted molar refractivity (Wildman–Crippen MR) is 166 cm³/mol. The van der Waals surface area contributed by atoms with E-state index >= 15 is 0 Å². The topological polar surface area (TPSA) is 244 Å². The Bertz CT molecular complexity index is 1540. The Morgan fingerprint density at radius 3 is 2.25 bits per heavy atom. The summed E-state index contributed by atoms with van der Waals surface area (Å²) >= 11 is 0. The molecule has 18 nitrogen and oxygen atoms in total. The highest BCUT2D eigenvalue weighted by molar-refractivity contribution is 7.92. The molecule has 2 rings (SSSR count). The van der Waals surface area contributed by atoms with E-state index in [1.54, 1.807) is 0 Å². The number of hydrogen-bond acceptors (Lipinski definition) is 15. The largest absolute Gasteiger partial charge is 0.463 e. The lowest BCUT2D eigenvalue weighted by Crippen LogP contribution is -2.36. The van der Waals surface area contributed by atoms with Crippen LogP contribution in [0.1, 0.15) is 50.8 Å². The Kier molecular flexibility index (Phi) is 15.0. The predicted octanol–water partition coefficient (Wildman–Crippen LogP) is 2.05. The summed E-state index contributed by atoms with van der Waals surface area (Å²) < 4.78 is 49.1. The molecule has 2 aromatic rings. The maximum atomic E-state index is 13.7. The molecule has 0 saturated carbocycles. The first-order valence-corrected chi connectivity index (χ1v) is 16.3. The van der Waals surface area contributed by atoms with Crippen LogP contribution in [0.4, 0.5) is 10.3 Å². The van der Waals surface area contributed by atoms with Crippen LogP contribution >= 0.6 is 0 Å². The van der Waals surface area contributed by atoms with Gasteiger partial charge in [-0.1, -0.05) is 26.0 Å². The smallest absolute Gasteiger partial charge is 0.308 e. The van der Waals surface area contributed by atoms with Gasteiger partial charge >= 0.3 is 5.97 Å². The third kappa shape index (κ3) is 12.9. The molecular weight excluding hydrogens is 665 g/mol. The molecule has 0 bridgehead atoms. The van der Waals surface area contributed by atoms with Crippen LogP contribution in [0.2, 0.25) is 0 Å². The minimum atomic E-state index is -3.72. The standard InChI is InChI=1S/C28H38FN5O13S/c1-17(2)26-23(27(19-6-8-20(29)9-7-19)31-28(30-26)32(4)48(5,42)43)11-10-21(35)14-22(36)15-25(37)45-13-12-44-16-24(47-34(40)41)18(3)46-33(38)39/h6-11,17-18,21-22,24,35-36H,12-16H2,1-5H3/b11-10+/t18?,21-,22-,24?/m1/s1. The van der Waals surface area contributed by atoms with Crippen molar-refractivity contribution in [3.63, 3.8) is 0 Å². The third-order valence-corrected chi connectivity index (χ3v) is 7.74. The number of carbonyl (C=O) groups is 1. The maximum absolute atomic E-state index is 13.7. The van der Waals surface area contributed by atoms with E-state index in [-0.39, 0.29) is 37.2 Å². The molecule has 0 saturated heterocycles. The van der Waals surface area contributed by atoms with Crippen LogP contribution in [0.3, 0.4) is 0 Å². The average molecular weight is 704 g/mol. The van der Waals surface area contributed by atoms with E-state index in [2.05, 4.69) is 19.6 Å². The van der Waals surface area contributed by atoms with Crippen molar-refractivity contribution >= 4 is 28.0 Å². The van der Waals surface area contributed by atoms with Crippen molar-refractivity contribution in [1.29, 1.82) is 0 Å². The fourth-order valence-corrected chi connectivity index (χ4v) is 4.45. The quantitative estimate of drug-likeness (QED) is 0.0867. The van der Waals surface area contributed by atoms with E-state index in [4.69, 9.17) is 9.47 Å². The summed E-state index contributed by atoms with van der Waals surface area (Å²) in [7, 11) is -2.43. The zero-order valence-electron chi connectivity index (χ0n) is 26.8. The van der Waals surface area contributed by atoms with Gasteiger partial charge in [-0.05, 0) is 37.1 Å². The molecule has 0 fully saturated rings. The highest BCUT2D eigenvalue weighted by atomic mass is 32.2. The summed E-state index contributed by atoms with van der Waals surface area (Å²) in [5, 5.41) is 39.8. The van der Waals surface area contributed by atoms with Gasteiger partial charge < -0.3 is 29.4 Å². The molecule has 0 radical (unpaired) electrons. The number of aromatic nitrogens is 2. The van der Waals surface area contributed by atoms with Gasteiger partial charge in [-0.3, -0.25) is 4.79 Å². The van der Waals surface area contributed by atoms with Crippen LogP contribution in [0.5, 0.6) is 0 Å². The maximum Gasteiger partial charge on any atom is 0.308 e. The molecule has 0 amide bonds. The number of sulfonamides is 1. The van der Waals surface area contributed by atoms with Gasteiger partial charge in [0.1, 0.15) is 18.5 Å². The first-order chi connectivity index (χ1) is 22.4. The molecule has 1 heterocycles. The minimum Gasteiger partial charge on any atom is -0.463 e. The van der Waals surface area contributed by atoms with Gasteiger partial charge in [0.2, 0.25) is 16.0 Å². The van der Waals surface area contributed by atoms with Crippen molar-refractivity contribution in [2.45, 2.75) is 63.9 Å². The van der Waals surface area contributed by atoms with Crippen LogP contribution in [0.25, 0.3) is 17.3 Å². The number of benzene rings is 1. The molecule has 48 heavy (non-hydrogen) atoms.